The average Bonchev–Trinajstić information content (AvgIpc) is 2.96. The number of carbonyl (C=O) groups is 3. The summed E-state index contributed by atoms with van der Waals surface area (Å²) in [5.41, 5.74) is 0.572. The zero-order valence-corrected chi connectivity index (χ0v) is 12.5. The van der Waals surface area contributed by atoms with Crippen LogP contribution in [-0.2, 0) is 9.59 Å². The number of carbonyl (C=O) groups excluding carboxylic acids is 2. The largest absolute Gasteiger partial charge is 0.480 e. The number of thioether (sulfide) groups is 1. The molecule has 112 valence electrons. The SMILES string of the molecule is CC(CC(=O)c1ccccc1)C(=O)N1CSCC1C(=O)O. The van der Waals surface area contributed by atoms with Gasteiger partial charge in [0.05, 0.1) is 5.88 Å². The van der Waals surface area contributed by atoms with Gasteiger partial charge in [0.2, 0.25) is 5.91 Å². The lowest BCUT2D eigenvalue weighted by Gasteiger charge is -2.23. The quantitative estimate of drug-likeness (QED) is 0.841. The molecule has 0 saturated carbocycles. The van der Waals surface area contributed by atoms with E-state index < -0.39 is 17.9 Å². The van der Waals surface area contributed by atoms with Crippen LogP contribution in [0.2, 0.25) is 0 Å². The molecule has 0 bridgehead atoms. The van der Waals surface area contributed by atoms with Gasteiger partial charge < -0.3 is 10.0 Å². The number of nitrogens with zero attached hydrogens (tertiary/aromatic N) is 1. The van der Waals surface area contributed by atoms with E-state index in [9.17, 15) is 14.4 Å². The monoisotopic (exact) mass is 307 g/mol. The van der Waals surface area contributed by atoms with Crippen molar-refractivity contribution in [3.63, 3.8) is 0 Å². The first-order valence-corrected chi connectivity index (χ1v) is 7.85. The number of aliphatic carboxylic acids is 1. The van der Waals surface area contributed by atoms with Gasteiger partial charge in [-0.3, -0.25) is 9.59 Å². The summed E-state index contributed by atoms with van der Waals surface area (Å²) in [6, 6.07) is 8.02. The molecule has 2 rings (SSSR count). The summed E-state index contributed by atoms with van der Waals surface area (Å²) in [6.45, 7) is 1.67. The van der Waals surface area contributed by atoms with E-state index in [1.54, 1.807) is 31.2 Å². The Balaban J connectivity index is 2.00. The lowest BCUT2D eigenvalue weighted by Crippen LogP contribution is -2.44. The molecule has 0 aromatic heterocycles. The molecule has 0 radical (unpaired) electrons. The predicted octanol–water partition coefficient (Wildman–Crippen LogP) is 1.88. The number of benzene rings is 1. The van der Waals surface area contributed by atoms with Crippen molar-refractivity contribution >= 4 is 29.4 Å². The topological polar surface area (TPSA) is 74.7 Å². The van der Waals surface area contributed by atoms with Gasteiger partial charge in [-0.2, -0.15) is 0 Å². The summed E-state index contributed by atoms with van der Waals surface area (Å²) < 4.78 is 0. The standard InChI is InChI=1S/C15H17NO4S/c1-10(7-13(17)11-5-3-2-4-6-11)14(18)16-9-21-8-12(16)15(19)20/h2-6,10,12H,7-9H2,1H3,(H,19,20). The molecule has 1 aromatic carbocycles. The van der Waals surface area contributed by atoms with Crippen LogP contribution in [0.1, 0.15) is 23.7 Å². The van der Waals surface area contributed by atoms with Crippen LogP contribution in [0.3, 0.4) is 0 Å². The molecule has 21 heavy (non-hydrogen) atoms. The Bertz CT molecular complexity index is 546. The fraction of sp³-hybridized carbons (Fsp3) is 0.400. The molecule has 5 nitrogen and oxygen atoms in total. The van der Waals surface area contributed by atoms with Gasteiger partial charge in [-0.25, -0.2) is 4.79 Å². The van der Waals surface area contributed by atoms with Crippen LogP contribution in [-0.4, -0.2) is 45.3 Å². The molecule has 2 unspecified atom stereocenters. The molecule has 1 aromatic rings. The minimum atomic E-state index is -0.991. The summed E-state index contributed by atoms with van der Waals surface area (Å²) in [7, 11) is 0. The highest BCUT2D eigenvalue weighted by Crippen LogP contribution is 2.24. The number of hydrogen-bond acceptors (Lipinski definition) is 4. The molecule has 0 aliphatic carbocycles. The maximum Gasteiger partial charge on any atom is 0.327 e. The van der Waals surface area contributed by atoms with E-state index in [1.807, 2.05) is 6.07 Å². The highest BCUT2D eigenvalue weighted by atomic mass is 32.2. The zero-order chi connectivity index (χ0) is 15.4. The van der Waals surface area contributed by atoms with Crippen molar-refractivity contribution in [1.82, 2.24) is 4.90 Å². The number of carboxylic acids is 1. The number of hydrogen-bond donors (Lipinski definition) is 1. The second-order valence-electron chi connectivity index (χ2n) is 5.06. The van der Waals surface area contributed by atoms with E-state index in [4.69, 9.17) is 5.11 Å². The van der Waals surface area contributed by atoms with E-state index in [1.165, 1.54) is 16.7 Å². The van der Waals surface area contributed by atoms with Crippen molar-refractivity contribution in [3.05, 3.63) is 35.9 Å². The van der Waals surface area contributed by atoms with Crippen LogP contribution in [0.5, 0.6) is 0 Å². The number of carboxylic acid groups (broad SMARTS) is 1. The van der Waals surface area contributed by atoms with Crippen LogP contribution in [0.15, 0.2) is 30.3 Å². The van der Waals surface area contributed by atoms with Crippen molar-refractivity contribution in [2.24, 2.45) is 5.92 Å². The molecule has 6 heteroatoms. The lowest BCUT2D eigenvalue weighted by atomic mass is 9.98. The van der Waals surface area contributed by atoms with Crippen molar-refractivity contribution in [1.29, 1.82) is 0 Å². The first kappa shape index (κ1) is 15.6. The Morgan fingerprint density at radius 2 is 2.00 bits per heavy atom. The van der Waals surface area contributed by atoms with Gasteiger partial charge in [-0.05, 0) is 0 Å². The van der Waals surface area contributed by atoms with Gasteiger partial charge in [-0.15, -0.1) is 11.8 Å². The average molecular weight is 307 g/mol. The third-order valence-electron chi connectivity index (χ3n) is 3.46. The second kappa shape index (κ2) is 6.76. The van der Waals surface area contributed by atoms with Gasteiger partial charge in [-0.1, -0.05) is 37.3 Å². The normalized spacial score (nSPS) is 19.3. The summed E-state index contributed by atoms with van der Waals surface area (Å²) in [5, 5.41) is 9.10. The smallest absolute Gasteiger partial charge is 0.327 e. The predicted molar refractivity (Wildman–Crippen MR) is 80.1 cm³/mol. The fourth-order valence-corrected chi connectivity index (χ4v) is 3.41. The van der Waals surface area contributed by atoms with Gasteiger partial charge >= 0.3 is 5.97 Å². The molecule has 1 aliphatic heterocycles. The number of amides is 1. The molecule has 1 saturated heterocycles. The lowest BCUT2D eigenvalue weighted by molar-refractivity contribution is -0.149. The summed E-state index contributed by atoms with van der Waals surface area (Å²) in [6.07, 6.45) is 0.0936. The minimum Gasteiger partial charge on any atom is -0.480 e. The molecule has 1 aliphatic rings. The van der Waals surface area contributed by atoms with Gasteiger partial charge in [0.25, 0.3) is 0 Å². The summed E-state index contributed by atoms with van der Waals surface area (Å²) >= 11 is 1.42. The van der Waals surface area contributed by atoms with Crippen LogP contribution in [0.4, 0.5) is 0 Å². The van der Waals surface area contributed by atoms with E-state index in [0.29, 0.717) is 17.2 Å². The Morgan fingerprint density at radius 1 is 1.33 bits per heavy atom. The molecule has 1 heterocycles. The molecule has 1 amide bonds. The highest BCUT2D eigenvalue weighted by molar-refractivity contribution is 7.99. The van der Waals surface area contributed by atoms with Crippen LogP contribution < -0.4 is 0 Å². The van der Waals surface area contributed by atoms with Crippen molar-refractivity contribution in [2.45, 2.75) is 19.4 Å². The van der Waals surface area contributed by atoms with E-state index in [2.05, 4.69) is 0 Å². The van der Waals surface area contributed by atoms with Crippen molar-refractivity contribution < 1.29 is 19.5 Å². The summed E-state index contributed by atoms with van der Waals surface area (Å²) in [5.74, 6) is -1.10. The molecule has 1 N–H and O–H groups in total. The minimum absolute atomic E-state index is 0.0936. The van der Waals surface area contributed by atoms with Gasteiger partial charge in [0.15, 0.2) is 5.78 Å². The zero-order valence-electron chi connectivity index (χ0n) is 11.7. The van der Waals surface area contributed by atoms with E-state index in [-0.39, 0.29) is 18.1 Å². The molecule has 0 spiro atoms. The van der Waals surface area contributed by atoms with E-state index in [0.717, 1.165) is 0 Å². The van der Waals surface area contributed by atoms with Crippen LogP contribution in [0, 0.1) is 5.92 Å². The first-order valence-electron chi connectivity index (χ1n) is 6.70. The number of Topliss-reactive ketones (excluding diaryl/α,β-unsaturated/α-hetero) is 1. The summed E-state index contributed by atoms with van der Waals surface area (Å²) in [4.78, 5) is 36.9. The number of ketones is 1. The maximum absolute atomic E-state index is 12.3. The fourth-order valence-electron chi connectivity index (χ4n) is 2.25. The number of rotatable bonds is 5. The van der Waals surface area contributed by atoms with Gasteiger partial charge in [0, 0.05) is 23.7 Å². The van der Waals surface area contributed by atoms with E-state index >= 15 is 0 Å². The van der Waals surface area contributed by atoms with Crippen molar-refractivity contribution in [3.8, 4) is 0 Å². The Hall–Kier alpha value is -1.82. The maximum atomic E-state index is 12.3. The Labute approximate surface area is 127 Å². The highest BCUT2D eigenvalue weighted by Gasteiger charge is 2.36. The third kappa shape index (κ3) is 3.64. The van der Waals surface area contributed by atoms with Crippen LogP contribution in [0.25, 0.3) is 0 Å². The van der Waals surface area contributed by atoms with Crippen molar-refractivity contribution in [2.75, 3.05) is 11.6 Å². The Kier molecular flexibility index (Phi) is 5.01. The molecular formula is C15H17NO4S. The molecule has 2 atom stereocenters. The molecule has 1 fully saturated rings. The second-order valence-corrected chi connectivity index (χ2v) is 6.06. The molecular weight excluding hydrogens is 290 g/mol. The van der Waals surface area contributed by atoms with Crippen LogP contribution >= 0.6 is 11.8 Å². The third-order valence-corrected chi connectivity index (χ3v) is 4.47. The van der Waals surface area contributed by atoms with Gasteiger partial charge in [0.1, 0.15) is 6.04 Å². The first-order chi connectivity index (χ1) is 10.0. The Morgan fingerprint density at radius 3 is 2.62 bits per heavy atom.